The summed E-state index contributed by atoms with van der Waals surface area (Å²) in [6, 6.07) is 15.2. The maximum Gasteiger partial charge on any atom is 0.304 e. The normalized spacial score (nSPS) is 21.3. The summed E-state index contributed by atoms with van der Waals surface area (Å²) in [5, 5.41) is 12.3. The number of rotatable bonds is 6. The van der Waals surface area contributed by atoms with E-state index >= 15 is 0 Å². The zero-order valence-corrected chi connectivity index (χ0v) is 19.9. The van der Waals surface area contributed by atoms with E-state index in [1.807, 2.05) is 30.3 Å². The van der Waals surface area contributed by atoms with Gasteiger partial charge in [0.25, 0.3) is 0 Å². The highest BCUT2D eigenvalue weighted by Gasteiger charge is 2.44. The summed E-state index contributed by atoms with van der Waals surface area (Å²) in [6.07, 6.45) is 3.44. The lowest BCUT2D eigenvalue weighted by molar-refractivity contribution is -0.137. The van der Waals surface area contributed by atoms with Crippen molar-refractivity contribution >= 4 is 40.1 Å². The number of aromatic nitrogens is 1. The third-order valence-electron chi connectivity index (χ3n) is 7.26. The molecule has 5 rings (SSSR count). The minimum Gasteiger partial charge on any atom is -0.481 e. The Morgan fingerprint density at radius 2 is 1.81 bits per heavy atom. The zero-order valence-electron chi connectivity index (χ0n) is 18.4. The van der Waals surface area contributed by atoms with Gasteiger partial charge in [-0.15, -0.1) is 0 Å². The first-order chi connectivity index (χ1) is 15.3. The molecule has 1 fully saturated rings. The lowest BCUT2D eigenvalue weighted by atomic mass is 9.94. The monoisotopic (exact) mass is 470 g/mol. The quantitative estimate of drug-likeness (QED) is 0.436. The molecule has 0 aliphatic carbocycles. The standard InChI is InChI=1S/C26H28Cl2N2O2/c1-15(2)30-20-8-10-23(30)26-21-12-19(28)7-9-22(21)29(24(26)13-20)14-17(11-25(31)32)16-3-5-18(27)6-4-16/h3-7,9,12,15,17,20,23H,8,10-11,13-14H2,1-2H3,(H,31,32). The van der Waals surface area contributed by atoms with Crippen LogP contribution in [-0.4, -0.2) is 32.6 Å². The number of aliphatic carboxylic acids is 1. The van der Waals surface area contributed by atoms with E-state index in [9.17, 15) is 9.90 Å². The summed E-state index contributed by atoms with van der Waals surface area (Å²) in [7, 11) is 0. The van der Waals surface area contributed by atoms with Crippen molar-refractivity contribution < 1.29 is 9.90 Å². The van der Waals surface area contributed by atoms with Crippen LogP contribution >= 0.6 is 23.2 Å². The Bertz CT molecular complexity index is 1170. The summed E-state index contributed by atoms with van der Waals surface area (Å²) in [6.45, 7) is 5.19. The summed E-state index contributed by atoms with van der Waals surface area (Å²) in [5.74, 6) is -0.926. The molecule has 1 N–H and O–H groups in total. The maximum absolute atomic E-state index is 11.7. The fourth-order valence-corrected chi connectivity index (χ4v) is 6.37. The Balaban J connectivity index is 1.64. The van der Waals surface area contributed by atoms with E-state index < -0.39 is 5.97 Å². The highest BCUT2D eigenvalue weighted by atomic mass is 35.5. The lowest BCUT2D eigenvalue weighted by Gasteiger charge is -2.38. The first-order valence-corrected chi connectivity index (χ1v) is 12.1. The second-order valence-electron chi connectivity index (χ2n) is 9.47. The molecule has 1 saturated heterocycles. The molecule has 3 unspecified atom stereocenters. The van der Waals surface area contributed by atoms with Gasteiger partial charge in [0.15, 0.2) is 0 Å². The van der Waals surface area contributed by atoms with E-state index in [0.29, 0.717) is 29.7 Å². The smallest absolute Gasteiger partial charge is 0.304 e. The van der Waals surface area contributed by atoms with Crippen LogP contribution < -0.4 is 0 Å². The molecule has 0 amide bonds. The third kappa shape index (κ3) is 3.72. The molecule has 2 bridgehead atoms. The van der Waals surface area contributed by atoms with E-state index in [0.717, 1.165) is 28.9 Å². The van der Waals surface area contributed by atoms with E-state index in [4.69, 9.17) is 23.2 Å². The van der Waals surface area contributed by atoms with Gasteiger partial charge in [-0.1, -0.05) is 35.3 Å². The highest BCUT2D eigenvalue weighted by molar-refractivity contribution is 6.31. The molecular formula is C26H28Cl2N2O2. The Hall–Kier alpha value is -2.01. The summed E-state index contributed by atoms with van der Waals surface area (Å²) < 4.78 is 2.38. The molecule has 3 heterocycles. The van der Waals surface area contributed by atoms with Crippen LogP contribution in [0.3, 0.4) is 0 Å². The molecule has 32 heavy (non-hydrogen) atoms. The number of nitrogens with zero attached hydrogens (tertiary/aromatic N) is 2. The van der Waals surface area contributed by atoms with Crippen molar-refractivity contribution in [1.82, 2.24) is 9.47 Å². The molecule has 0 spiro atoms. The molecule has 0 radical (unpaired) electrons. The number of fused-ring (bicyclic) bond motifs is 6. The first-order valence-electron chi connectivity index (χ1n) is 11.4. The fraction of sp³-hybridized carbons (Fsp3) is 0.423. The second kappa shape index (κ2) is 8.40. The third-order valence-corrected chi connectivity index (χ3v) is 7.74. The van der Waals surface area contributed by atoms with Gasteiger partial charge < -0.3 is 9.67 Å². The van der Waals surface area contributed by atoms with Gasteiger partial charge in [0.1, 0.15) is 0 Å². The molecule has 2 aromatic carbocycles. The average molecular weight is 471 g/mol. The molecule has 2 aliphatic heterocycles. The van der Waals surface area contributed by atoms with Crippen LogP contribution in [0, 0.1) is 0 Å². The second-order valence-corrected chi connectivity index (χ2v) is 10.3. The van der Waals surface area contributed by atoms with Crippen LogP contribution in [0.25, 0.3) is 10.9 Å². The molecule has 2 aliphatic rings. The summed E-state index contributed by atoms with van der Waals surface area (Å²) in [5.41, 5.74) is 4.91. The molecule has 4 nitrogen and oxygen atoms in total. The van der Waals surface area contributed by atoms with Crippen LogP contribution in [0.4, 0.5) is 0 Å². The fourth-order valence-electron chi connectivity index (χ4n) is 6.07. The Morgan fingerprint density at radius 1 is 1.09 bits per heavy atom. The average Bonchev–Trinajstić information content (AvgIpc) is 3.21. The van der Waals surface area contributed by atoms with Crippen molar-refractivity contribution in [1.29, 1.82) is 0 Å². The molecule has 6 heteroatoms. The van der Waals surface area contributed by atoms with Crippen molar-refractivity contribution in [3.8, 4) is 0 Å². The zero-order chi connectivity index (χ0) is 22.6. The van der Waals surface area contributed by atoms with Crippen molar-refractivity contribution in [2.75, 3.05) is 0 Å². The van der Waals surface area contributed by atoms with E-state index in [1.165, 1.54) is 23.1 Å². The van der Waals surface area contributed by atoms with Gasteiger partial charge >= 0.3 is 5.97 Å². The van der Waals surface area contributed by atoms with Crippen LogP contribution in [-0.2, 0) is 17.8 Å². The maximum atomic E-state index is 11.7. The number of carboxylic acids is 1. The molecule has 3 aromatic rings. The highest BCUT2D eigenvalue weighted by Crippen LogP contribution is 2.49. The van der Waals surface area contributed by atoms with Crippen LogP contribution in [0.1, 0.15) is 61.9 Å². The Labute approximate surface area is 198 Å². The SMILES string of the molecule is CC(C)N1C2CCC1c1c(n(CC(CC(=O)O)c3ccc(Cl)cc3)c3ccc(Cl)cc13)C2. The van der Waals surface area contributed by atoms with Crippen LogP contribution in [0.2, 0.25) is 10.0 Å². The van der Waals surface area contributed by atoms with Gasteiger partial charge in [-0.2, -0.15) is 0 Å². The van der Waals surface area contributed by atoms with Gasteiger partial charge in [-0.25, -0.2) is 0 Å². The van der Waals surface area contributed by atoms with E-state index in [2.05, 4.69) is 35.4 Å². The van der Waals surface area contributed by atoms with Gasteiger partial charge in [0.2, 0.25) is 0 Å². The topological polar surface area (TPSA) is 45.5 Å². The van der Waals surface area contributed by atoms with E-state index in [1.54, 1.807) is 0 Å². The lowest BCUT2D eigenvalue weighted by Crippen LogP contribution is -2.42. The molecule has 1 aromatic heterocycles. The first kappa shape index (κ1) is 21.8. The Kier molecular flexibility index (Phi) is 5.73. The molecule has 3 atom stereocenters. The minimum absolute atomic E-state index is 0.0780. The number of carbonyl (C=O) groups is 1. The van der Waals surface area contributed by atoms with Crippen LogP contribution in [0.15, 0.2) is 42.5 Å². The predicted molar refractivity (Wildman–Crippen MR) is 130 cm³/mol. The van der Waals surface area contributed by atoms with Gasteiger partial charge in [-0.05, 0) is 68.1 Å². The van der Waals surface area contributed by atoms with E-state index in [-0.39, 0.29) is 12.3 Å². The molecule has 0 saturated carbocycles. The molecule has 168 valence electrons. The van der Waals surface area contributed by atoms with Crippen molar-refractivity contribution in [2.24, 2.45) is 0 Å². The van der Waals surface area contributed by atoms with Crippen molar-refractivity contribution in [3.05, 3.63) is 69.3 Å². The predicted octanol–water partition coefficient (Wildman–Crippen LogP) is 6.68. The summed E-state index contributed by atoms with van der Waals surface area (Å²) >= 11 is 12.5. The number of carboxylic acid groups (broad SMARTS) is 1. The largest absolute Gasteiger partial charge is 0.481 e. The van der Waals surface area contributed by atoms with Crippen molar-refractivity contribution in [3.63, 3.8) is 0 Å². The molecular weight excluding hydrogens is 443 g/mol. The minimum atomic E-state index is -0.788. The number of hydrogen-bond acceptors (Lipinski definition) is 2. The summed E-state index contributed by atoms with van der Waals surface area (Å²) in [4.78, 5) is 14.4. The van der Waals surface area contributed by atoms with Crippen molar-refractivity contribution in [2.45, 2.75) is 70.1 Å². The van der Waals surface area contributed by atoms with Crippen LogP contribution in [0.5, 0.6) is 0 Å². The number of benzene rings is 2. The van der Waals surface area contributed by atoms with Gasteiger partial charge in [0.05, 0.1) is 6.42 Å². The van der Waals surface area contributed by atoms with Gasteiger partial charge in [-0.3, -0.25) is 9.69 Å². The Morgan fingerprint density at radius 3 is 2.50 bits per heavy atom. The number of hydrogen-bond donors (Lipinski definition) is 1. The number of halogens is 2. The van der Waals surface area contributed by atoms with Gasteiger partial charge in [0, 0.05) is 63.7 Å².